The Morgan fingerprint density at radius 3 is 1.04 bits per heavy atom. The van der Waals surface area contributed by atoms with Crippen molar-refractivity contribution in [2.24, 2.45) is 0 Å². The number of ether oxygens (including phenoxy) is 3. The first kappa shape index (κ1) is 81.4. The van der Waals surface area contributed by atoms with Crippen LogP contribution in [0.2, 0.25) is 5.02 Å². The van der Waals surface area contributed by atoms with Crippen molar-refractivity contribution in [1.29, 1.82) is 0 Å². The van der Waals surface area contributed by atoms with Gasteiger partial charge in [0.25, 0.3) is 0 Å². The number of aliphatic hydroxyl groups excluding tert-OH is 2. The maximum absolute atomic E-state index is 12.7. The number of carbonyl (C=O) groups excluding carboxylic acids is 2. The third-order valence-electron chi connectivity index (χ3n) is 25.6. The van der Waals surface area contributed by atoms with Gasteiger partial charge in [-0.1, -0.05) is 161 Å². The Hall–Kier alpha value is -7.72. The predicted molar refractivity (Wildman–Crippen MR) is 444 cm³/mol. The lowest BCUT2D eigenvalue weighted by atomic mass is 9.80. The molecule has 0 radical (unpaired) electrons. The molecule has 114 heavy (non-hydrogen) atoms. The number of carboxylic acids is 1. The fraction of sp³-hybridized carbons (Fsp3) is 0.562. The van der Waals surface area contributed by atoms with Crippen LogP contribution in [0.25, 0.3) is 55.4 Å². The van der Waals surface area contributed by atoms with Crippen LogP contribution in [-0.4, -0.2) is 221 Å². The van der Waals surface area contributed by atoms with E-state index in [1.54, 1.807) is 24.3 Å². The Morgan fingerprint density at radius 2 is 0.719 bits per heavy atom. The Balaban J connectivity index is 0.000000125. The van der Waals surface area contributed by atoms with Crippen LogP contribution >= 0.6 is 11.6 Å². The molecule has 6 saturated carbocycles. The van der Waals surface area contributed by atoms with Crippen LogP contribution in [-0.2, 0) is 33.5 Å². The van der Waals surface area contributed by atoms with Crippen molar-refractivity contribution >= 4 is 74.8 Å². The molecule has 0 unspecified atom stereocenters. The summed E-state index contributed by atoms with van der Waals surface area (Å²) in [5.74, 6) is -0.369. The number of pyridine rings is 3. The van der Waals surface area contributed by atoms with Gasteiger partial charge in [0.15, 0.2) is 22.6 Å². The Morgan fingerprint density at radius 1 is 0.404 bits per heavy atom. The van der Waals surface area contributed by atoms with Crippen molar-refractivity contribution in [1.82, 2.24) is 59.0 Å². The number of hydrogen-bond acceptors (Lipinski definition) is 19. The number of fused-ring (bicyclic) bond motifs is 3. The Kier molecular flexibility index (Phi) is 27.9. The van der Waals surface area contributed by atoms with Gasteiger partial charge in [0.2, 0.25) is 11.6 Å². The van der Waals surface area contributed by atoms with E-state index in [1.165, 1.54) is 93.7 Å². The SMILES string of the molecule is O=C(CO)c1cc(-c2ccc(CCN3CCOCC3)cc2)c2c(C3CCC3)nn(C3CCCCC3)c2n1.O=C(CO)c1cc(Cl)c2c(C3CCC3)nn(C3CCCCC3)c2n1.O=C(O)c1cc(-c2ccc(CCN3CCOCC3)cc2)c2c(C3CCC3)nn(C3CCCCC3)c2n1.OB(O)c1ccc(CCN2CCOCC2)cc1. The largest absolute Gasteiger partial charge is 0.488 e. The van der Waals surface area contributed by atoms with E-state index >= 15 is 0 Å². The summed E-state index contributed by atoms with van der Waals surface area (Å²) in [4.78, 5) is 58.1. The highest BCUT2D eigenvalue weighted by atomic mass is 35.5. The van der Waals surface area contributed by atoms with Crippen LogP contribution in [0.4, 0.5) is 0 Å². The summed E-state index contributed by atoms with van der Waals surface area (Å²) < 4.78 is 22.5. The fourth-order valence-corrected chi connectivity index (χ4v) is 18.3. The summed E-state index contributed by atoms with van der Waals surface area (Å²) in [7, 11) is -1.37. The van der Waals surface area contributed by atoms with Crippen molar-refractivity contribution < 1.29 is 54.0 Å². The van der Waals surface area contributed by atoms with Gasteiger partial charge < -0.3 is 39.6 Å². The van der Waals surface area contributed by atoms with Crippen molar-refractivity contribution in [3.05, 3.63) is 147 Å². The molecule has 18 rings (SSSR count). The third kappa shape index (κ3) is 19.4. The molecule has 3 aliphatic heterocycles. The molecule has 9 fully saturated rings. The summed E-state index contributed by atoms with van der Waals surface area (Å²) in [6.45, 7) is 13.0. The average molecular weight is 1570 g/mol. The van der Waals surface area contributed by atoms with Gasteiger partial charge >= 0.3 is 13.1 Å². The van der Waals surface area contributed by atoms with E-state index < -0.39 is 32.1 Å². The van der Waals surface area contributed by atoms with Gasteiger partial charge in [-0.05, 0) is 159 Å². The lowest BCUT2D eigenvalue weighted by Gasteiger charge is -2.26. The molecule has 6 aromatic heterocycles. The van der Waals surface area contributed by atoms with E-state index in [0.717, 1.165) is 262 Å². The number of morpholine rings is 3. The van der Waals surface area contributed by atoms with Gasteiger partial charge in [0, 0.05) is 76.7 Å². The number of aromatic nitrogens is 9. The van der Waals surface area contributed by atoms with Gasteiger partial charge in [0.1, 0.15) is 24.6 Å². The zero-order valence-electron chi connectivity index (χ0n) is 66.2. The lowest BCUT2D eigenvalue weighted by molar-refractivity contribution is 0.0384. The van der Waals surface area contributed by atoms with Gasteiger partial charge in [-0.2, -0.15) is 15.3 Å². The highest BCUT2D eigenvalue weighted by molar-refractivity contribution is 6.58. The number of hydrogen-bond donors (Lipinski definition) is 5. The van der Waals surface area contributed by atoms with Crippen LogP contribution in [0.3, 0.4) is 0 Å². The molecule has 5 N–H and O–H groups in total. The van der Waals surface area contributed by atoms with Crippen LogP contribution in [0, 0.1) is 0 Å². The number of nitrogens with zero attached hydrogens (tertiary/aromatic N) is 12. The van der Waals surface area contributed by atoms with Crippen LogP contribution in [0.5, 0.6) is 0 Å². The van der Waals surface area contributed by atoms with Gasteiger partial charge in [-0.3, -0.25) is 24.3 Å². The summed E-state index contributed by atoms with van der Waals surface area (Å²) in [6.07, 6.45) is 31.2. The number of carbonyl (C=O) groups is 3. The molecule has 9 aliphatic rings. The normalized spacial score (nSPS) is 19.4. The van der Waals surface area contributed by atoms with Crippen molar-refractivity contribution in [2.45, 2.75) is 209 Å². The molecule has 0 atom stereocenters. The second-order valence-electron chi connectivity index (χ2n) is 33.0. The average Bonchev–Trinajstić information content (AvgIpc) is 1.55. The minimum Gasteiger partial charge on any atom is -0.477 e. The van der Waals surface area contributed by atoms with Crippen molar-refractivity contribution in [3.8, 4) is 22.3 Å². The maximum atomic E-state index is 12.7. The van der Waals surface area contributed by atoms with Gasteiger partial charge in [0.05, 0.1) is 96.0 Å². The molecule has 9 heterocycles. The van der Waals surface area contributed by atoms with Gasteiger partial charge in [-0.25, -0.2) is 33.8 Å². The van der Waals surface area contributed by atoms with Gasteiger partial charge in [-0.15, -0.1) is 0 Å². The first-order valence-electron chi connectivity index (χ1n) is 42.8. The highest BCUT2D eigenvalue weighted by Gasteiger charge is 2.35. The van der Waals surface area contributed by atoms with E-state index in [2.05, 4.69) is 82.6 Å². The number of halogens is 1. The third-order valence-corrected chi connectivity index (χ3v) is 25.9. The molecular formula is C89H114BClN12O11. The summed E-state index contributed by atoms with van der Waals surface area (Å²) in [5.41, 5.74) is 14.7. The maximum Gasteiger partial charge on any atom is 0.488 e. The second-order valence-corrected chi connectivity index (χ2v) is 33.4. The molecule has 3 saturated heterocycles. The van der Waals surface area contributed by atoms with E-state index in [-0.39, 0.29) is 17.2 Å². The Labute approximate surface area is 674 Å². The molecule has 9 aromatic rings. The molecular weight excluding hydrogens is 1460 g/mol. The number of Topliss-reactive ketones (excluding diaryl/α,β-unsaturated/α-hetero) is 2. The van der Waals surface area contributed by atoms with Crippen molar-refractivity contribution in [3.63, 3.8) is 0 Å². The zero-order valence-corrected chi connectivity index (χ0v) is 67.0. The molecule has 606 valence electrons. The highest BCUT2D eigenvalue weighted by Crippen LogP contribution is 2.48. The minimum atomic E-state index is -1.37. The molecule has 0 spiro atoms. The fourth-order valence-electron chi connectivity index (χ4n) is 18.0. The van der Waals surface area contributed by atoms with Crippen LogP contribution < -0.4 is 5.46 Å². The monoisotopic (exact) mass is 1570 g/mol. The standard InChI is InChI=1S/C30H38N4O3.C29H36N4O3.C18H22ClN3O2.C12H18BNO3/c35-20-27(36)26-19-25(22-11-9-21(10-12-22)13-14-33-15-17-37-18-16-33)28-29(23-5-4-6-23)32-34(30(28)31-26)24-7-2-1-3-8-24;34-29(35)25-19-24(21-11-9-20(10-12-21)13-14-32-15-17-36-18-16-32)26-27(22-5-4-6-22)31-33(28(26)30-25)23-7-2-1-3-8-23;19-13-9-14(15(24)10-23)20-18-16(13)17(11-5-4-6-11)21-22(18)12-7-2-1-3-8-12;15-13(16)12-3-1-11(2-4-12)5-6-14-7-9-17-10-8-14/h9-12,19,23-24,35H,1-8,13-18,20H2;9-12,19,22-23H,1-8,13-18H2,(H,34,35);9,11-12,23H,1-8,10H2;1-4,15-16H,5-10H2. The molecule has 0 amide bonds. The first-order chi connectivity index (χ1) is 55.8. The van der Waals surface area contributed by atoms with E-state index in [1.807, 2.05) is 22.9 Å². The number of ketones is 2. The summed E-state index contributed by atoms with van der Waals surface area (Å²) >= 11 is 6.52. The number of carboxylic acid groups (broad SMARTS) is 1. The summed E-state index contributed by atoms with van der Waals surface area (Å²) in [5, 5.41) is 65.6. The smallest absolute Gasteiger partial charge is 0.477 e. The predicted octanol–water partition coefficient (Wildman–Crippen LogP) is 13.6. The van der Waals surface area contributed by atoms with E-state index in [0.29, 0.717) is 57.7 Å². The topological polar surface area (TPSA) is 282 Å². The zero-order chi connectivity index (χ0) is 78.4. The number of aromatic carboxylic acids is 1. The number of aliphatic hydroxyl groups is 2. The molecule has 25 heteroatoms. The van der Waals surface area contributed by atoms with Crippen LogP contribution in [0.1, 0.15) is 255 Å². The second kappa shape index (κ2) is 39.0. The molecule has 3 aromatic carbocycles. The van der Waals surface area contributed by atoms with Crippen molar-refractivity contribution in [2.75, 3.05) is 112 Å². The van der Waals surface area contributed by atoms with E-state index in [9.17, 15) is 24.6 Å². The Bertz CT molecular complexity index is 4700. The molecule has 0 bridgehead atoms. The number of benzene rings is 3. The minimum absolute atomic E-state index is 0.103. The molecule has 23 nitrogen and oxygen atoms in total. The first-order valence-corrected chi connectivity index (χ1v) is 43.2. The van der Waals surface area contributed by atoms with E-state index in [4.69, 9.17) is 61.2 Å². The molecule has 6 aliphatic carbocycles. The summed E-state index contributed by atoms with van der Waals surface area (Å²) in [6, 6.07) is 31.1. The number of rotatable bonds is 23. The lowest BCUT2D eigenvalue weighted by Crippen LogP contribution is -2.37. The van der Waals surface area contributed by atoms with Crippen LogP contribution in [0.15, 0.2) is 91.0 Å². The quantitative estimate of drug-likeness (QED) is 0.0294.